The lowest BCUT2D eigenvalue weighted by Crippen LogP contribution is -2.32. The van der Waals surface area contributed by atoms with Crippen molar-refractivity contribution < 1.29 is 17.6 Å². The summed E-state index contributed by atoms with van der Waals surface area (Å²) in [7, 11) is -4.19. The van der Waals surface area contributed by atoms with Gasteiger partial charge in [0, 0.05) is 18.1 Å². The molecule has 3 rings (SSSR count). The number of halogens is 2. The predicted octanol–water partition coefficient (Wildman–Crippen LogP) is 3.91. The summed E-state index contributed by atoms with van der Waals surface area (Å²) in [5.74, 6) is -0.955. The Balaban J connectivity index is 1.84. The number of nitrogens with one attached hydrogen (secondary N) is 2. The second-order valence-corrected chi connectivity index (χ2v) is 7.94. The number of sulfonamides is 1. The fourth-order valence-corrected chi connectivity index (χ4v) is 3.99. The molecule has 0 aromatic heterocycles. The van der Waals surface area contributed by atoms with Crippen molar-refractivity contribution in [1.82, 2.24) is 4.90 Å². The number of hydrogen-bond donors (Lipinski definition) is 2. The number of likely N-dealkylation sites (tertiary alicyclic amines) is 1. The van der Waals surface area contributed by atoms with Crippen LogP contribution in [-0.2, 0) is 10.0 Å². The highest BCUT2D eigenvalue weighted by atomic mass is 35.5. The Labute approximate surface area is 156 Å². The number of para-hydroxylation sites is 2. The van der Waals surface area contributed by atoms with Gasteiger partial charge in [0.05, 0.1) is 11.4 Å². The van der Waals surface area contributed by atoms with Crippen LogP contribution in [0.1, 0.15) is 12.8 Å². The summed E-state index contributed by atoms with van der Waals surface area (Å²) in [5.41, 5.74) is 0.441. The zero-order chi connectivity index (χ0) is 18.7. The summed E-state index contributed by atoms with van der Waals surface area (Å²) in [6.07, 6.45) is 1.88. The van der Waals surface area contributed by atoms with Crippen LogP contribution in [0.3, 0.4) is 0 Å². The Bertz CT molecular complexity index is 931. The molecule has 0 bridgehead atoms. The highest BCUT2D eigenvalue weighted by molar-refractivity contribution is 7.92. The molecule has 1 heterocycles. The lowest BCUT2D eigenvalue weighted by molar-refractivity contribution is 0.222. The Morgan fingerprint density at radius 1 is 1.08 bits per heavy atom. The van der Waals surface area contributed by atoms with E-state index in [1.807, 2.05) is 0 Å². The third kappa shape index (κ3) is 4.08. The van der Waals surface area contributed by atoms with Crippen molar-refractivity contribution in [2.24, 2.45) is 0 Å². The molecule has 1 aliphatic heterocycles. The quantitative estimate of drug-likeness (QED) is 0.821. The topological polar surface area (TPSA) is 78.5 Å². The summed E-state index contributed by atoms with van der Waals surface area (Å²) >= 11 is 5.66. The molecule has 0 saturated carbocycles. The predicted molar refractivity (Wildman–Crippen MR) is 98.5 cm³/mol. The van der Waals surface area contributed by atoms with Crippen LogP contribution in [0.5, 0.6) is 0 Å². The third-order valence-corrected chi connectivity index (χ3v) is 5.62. The summed E-state index contributed by atoms with van der Waals surface area (Å²) in [6, 6.07) is 9.35. The van der Waals surface area contributed by atoms with E-state index in [2.05, 4.69) is 10.0 Å². The van der Waals surface area contributed by atoms with E-state index in [0.717, 1.165) is 25.0 Å². The largest absolute Gasteiger partial charge is 0.325 e. The molecule has 0 unspecified atom stereocenters. The SMILES string of the molecule is O=C(Nc1ccccc1NS(=O)(=O)c1ccc(Cl)cc1F)N1CCCC1. The van der Waals surface area contributed by atoms with Crippen LogP contribution >= 0.6 is 11.6 Å². The lowest BCUT2D eigenvalue weighted by Gasteiger charge is -2.18. The van der Waals surface area contributed by atoms with Gasteiger partial charge in [-0.25, -0.2) is 17.6 Å². The van der Waals surface area contributed by atoms with Crippen molar-refractivity contribution >= 4 is 39.0 Å². The van der Waals surface area contributed by atoms with Gasteiger partial charge in [-0.1, -0.05) is 23.7 Å². The monoisotopic (exact) mass is 397 g/mol. The van der Waals surface area contributed by atoms with Crippen LogP contribution in [0.4, 0.5) is 20.6 Å². The van der Waals surface area contributed by atoms with Crippen LogP contribution in [0.15, 0.2) is 47.4 Å². The molecule has 0 atom stereocenters. The Morgan fingerprint density at radius 2 is 1.73 bits per heavy atom. The zero-order valence-corrected chi connectivity index (χ0v) is 15.3. The van der Waals surface area contributed by atoms with Gasteiger partial charge in [-0.3, -0.25) is 4.72 Å². The van der Waals surface area contributed by atoms with Gasteiger partial charge in [-0.15, -0.1) is 0 Å². The molecule has 26 heavy (non-hydrogen) atoms. The van der Waals surface area contributed by atoms with E-state index >= 15 is 0 Å². The highest BCUT2D eigenvalue weighted by Gasteiger charge is 2.22. The van der Waals surface area contributed by atoms with Crippen LogP contribution in [-0.4, -0.2) is 32.4 Å². The molecule has 0 spiro atoms. The van der Waals surface area contributed by atoms with Crippen LogP contribution in [0.25, 0.3) is 0 Å². The molecule has 2 aromatic carbocycles. The van der Waals surface area contributed by atoms with Crippen molar-refractivity contribution in [2.75, 3.05) is 23.1 Å². The van der Waals surface area contributed by atoms with E-state index < -0.39 is 20.7 Å². The number of carbonyl (C=O) groups is 1. The number of urea groups is 1. The molecule has 2 amide bonds. The summed E-state index contributed by atoms with van der Waals surface area (Å²) < 4.78 is 41.3. The number of anilines is 2. The molecular weight excluding hydrogens is 381 g/mol. The second kappa shape index (κ2) is 7.51. The van der Waals surface area contributed by atoms with Crippen molar-refractivity contribution in [3.05, 3.63) is 53.3 Å². The van der Waals surface area contributed by atoms with Gasteiger partial charge in [-0.2, -0.15) is 0 Å². The minimum absolute atomic E-state index is 0.0970. The van der Waals surface area contributed by atoms with Crippen molar-refractivity contribution in [3.63, 3.8) is 0 Å². The van der Waals surface area contributed by atoms with Gasteiger partial charge in [0.15, 0.2) is 0 Å². The van der Waals surface area contributed by atoms with Gasteiger partial charge in [0.25, 0.3) is 10.0 Å². The maximum atomic E-state index is 14.0. The zero-order valence-electron chi connectivity index (χ0n) is 13.7. The van der Waals surface area contributed by atoms with E-state index in [0.29, 0.717) is 18.8 Å². The fraction of sp³-hybridized carbons (Fsp3) is 0.235. The highest BCUT2D eigenvalue weighted by Crippen LogP contribution is 2.27. The first kappa shape index (κ1) is 18.5. The van der Waals surface area contributed by atoms with Gasteiger partial charge in [-0.05, 0) is 43.2 Å². The van der Waals surface area contributed by atoms with Crippen molar-refractivity contribution in [2.45, 2.75) is 17.7 Å². The number of carbonyl (C=O) groups excluding carboxylic acids is 1. The standard InChI is InChI=1S/C17H17ClFN3O3S/c18-12-7-8-16(13(19)11-12)26(24,25)21-15-6-2-1-5-14(15)20-17(23)22-9-3-4-10-22/h1-2,5-8,11,21H,3-4,9-10H2,(H,20,23). The van der Waals surface area contributed by atoms with E-state index in [-0.39, 0.29) is 16.7 Å². The Morgan fingerprint density at radius 3 is 2.38 bits per heavy atom. The van der Waals surface area contributed by atoms with Crippen molar-refractivity contribution in [3.8, 4) is 0 Å². The van der Waals surface area contributed by atoms with Crippen molar-refractivity contribution in [1.29, 1.82) is 0 Å². The number of benzene rings is 2. The number of nitrogens with zero attached hydrogens (tertiary/aromatic N) is 1. The maximum Gasteiger partial charge on any atom is 0.321 e. The Kier molecular flexibility index (Phi) is 5.33. The average molecular weight is 398 g/mol. The molecular formula is C17H17ClFN3O3S. The molecule has 138 valence electrons. The van der Waals surface area contributed by atoms with Gasteiger partial charge < -0.3 is 10.2 Å². The van der Waals surface area contributed by atoms with E-state index in [1.54, 1.807) is 23.1 Å². The van der Waals surface area contributed by atoms with E-state index in [4.69, 9.17) is 11.6 Å². The summed E-state index contributed by atoms with van der Waals surface area (Å²) in [5, 5.41) is 2.79. The summed E-state index contributed by atoms with van der Waals surface area (Å²) in [6.45, 7) is 1.32. The normalized spacial score (nSPS) is 14.3. The maximum absolute atomic E-state index is 14.0. The van der Waals surface area contributed by atoms with E-state index in [9.17, 15) is 17.6 Å². The molecule has 6 nitrogen and oxygen atoms in total. The van der Waals surface area contributed by atoms with Gasteiger partial charge in [0.2, 0.25) is 0 Å². The fourth-order valence-electron chi connectivity index (χ4n) is 2.69. The molecule has 9 heteroatoms. The minimum atomic E-state index is -4.19. The molecule has 0 radical (unpaired) electrons. The van der Waals surface area contributed by atoms with Gasteiger partial charge >= 0.3 is 6.03 Å². The molecule has 2 N–H and O–H groups in total. The first-order valence-corrected chi connectivity index (χ1v) is 9.86. The molecule has 0 aliphatic carbocycles. The lowest BCUT2D eigenvalue weighted by atomic mass is 10.3. The third-order valence-electron chi connectivity index (χ3n) is 3.99. The first-order valence-electron chi connectivity index (χ1n) is 8.00. The molecule has 2 aromatic rings. The molecule has 1 aliphatic rings. The second-order valence-electron chi connectivity index (χ2n) is 5.85. The van der Waals surface area contributed by atoms with Crippen LogP contribution in [0.2, 0.25) is 5.02 Å². The average Bonchev–Trinajstić information content (AvgIpc) is 3.10. The number of amides is 2. The van der Waals surface area contributed by atoms with Gasteiger partial charge in [0.1, 0.15) is 10.7 Å². The summed E-state index contributed by atoms with van der Waals surface area (Å²) in [4.78, 5) is 13.4. The van der Waals surface area contributed by atoms with Crippen LogP contribution in [0, 0.1) is 5.82 Å². The van der Waals surface area contributed by atoms with Crippen LogP contribution < -0.4 is 10.0 Å². The molecule has 1 saturated heterocycles. The van der Waals surface area contributed by atoms with E-state index in [1.165, 1.54) is 12.1 Å². The smallest absolute Gasteiger partial charge is 0.321 e. The Hall–Kier alpha value is -2.32. The number of hydrogen-bond acceptors (Lipinski definition) is 3. The first-order chi connectivity index (χ1) is 12.4. The minimum Gasteiger partial charge on any atom is -0.325 e. The molecule has 1 fully saturated rings. The number of rotatable bonds is 4.